The molecule has 0 atom stereocenters. The molecule has 24 heavy (non-hydrogen) atoms. The number of halogens is 1. The molecule has 0 aromatic heterocycles. The highest BCUT2D eigenvalue weighted by atomic mass is 28.3. The van der Waals surface area contributed by atoms with E-state index in [0.29, 0.717) is 0 Å². The molecule has 2 N–H and O–H groups in total. The number of carbonyl (C=O) groups is 2. The van der Waals surface area contributed by atoms with Crippen LogP contribution in [0.5, 0.6) is 0 Å². The van der Waals surface area contributed by atoms with E-state index in [4.69, 9.17) is 10.2 Å². The molecule has 0 bridgehead atoms. The summed E-state index contributed by atoms with van der Waals surface area (Å²) < 4.78 is 13.0. The molecular formula is C18H29FO4Si. The van der Waals surface area contributed by atoms with Crippen molar-refractivity contribution >= 4 is 20.7 Å². The van der Waals surface area contributed by atoms with Crippen LogP contribution < -0.4 is 0 Å². The average molecular weight is 357 g/mol. The number of carboxylic acid groups (broad SMARTS) is 2. The Hall–Kier alpha value is -1.69. The second-order valence-electron chi connectivity index (χ2n) is 7.01. The second kappa shape index (κ2) is 9.57. The van der Waals surface area contributed by atoms with Crippen molar-refractivity contribution in [2.45, 2.75) is 65.1 Å². The lowest BCUT2D eigenvalue weighted by atomic mass is 10.0. The first-order chi connectivity index (χ1) is 10.9. The number of rotatable bonds is 5. The summed E-state index contributed by atoms with van der Waals surface area (Å²) in [6, 6.07) is 1.87. The molecular weight excluding hydrogens is 327 g/mol. The number of hydrogen-bond acceptors (Lipinski definition) is 2. The molecule has 0 aliphatic carbocycles. The van der Waals surface area contributed by atoms with E-state index in [0.717, 1.165) is 28.8 Å². The molecule has 4 nitrogen and oxygen atoms in total. The molecule has 0 spiro atoms. The van der Waals surface area contributed by atoms with Crippen molar-refractivity contribution in [3.8, 4) is 0 Å². The Balaban J connectivity index is 0.000000470. The average Bonchev–Trinajstić information content (AvgIpc) is 2.36. The fourth-order valence-corrected chi connectivity index (χ4v) is 8.10. The van der Waals surface area contributed by atoms with Crippen molar-refractivity contribution in [3.05, 3.63) is 34.6 Å². The number of carboxylic acids is 2. The van der Waals surface area contributed by atoms with Crippen molar-refractivity contribution in [1.29, 1.82) is 0 Å². The molecule has 0 unspecified atom stereocenters. The molecule has 0 amide bonds. The molecule has 0 fully saturated rings. The summed E-state index contributed by atoms with van der Waals surface area (Å²) in [5.41, 5.74) is 2.04. The Morgan fingerprint density at radius 1 is 0.917 bits per heavy atom. The van der Waals surface area contributed by atoms with Crippen LogP contribution in [-0.4, -0.2) is 30.9 Å². The first-order valence-corrected chi connectivity index (χ1v) is 10.2. The Morgan fingerprint density at radius 3 is 1.58 bits per heavy atom. The Labute approximate surface area is 145 Å². The smallest absolute Gasteiger partial charge is 0.338 e. The van der Waals surface area contributed by atoms with Gasteiger partial charge in [0.1, 0.15) is 5.82 Å². The van der Waals surface area contributed by atoms with Gasteiger partial charge >= 0.3 is 11.9 Å². The van der Waals surface area contributed by atoms with Crippen LogP contribution in [0.3, 0.4) is 0 Å². The SMILES string of the molecule is CC(C)[SiH](C(C)C)C(C)C.Cc1c(C(=O)O)ccc(F)c1C(=O)O. The third-order valence-electron chi connectivity index (χ3n) is 4.17. The first-order valence-electron chi connectivity index (χ1n) is 8.17. The maximum absolute atomic E-state index is 13.0. The quantitative estimate of drug-likeness (QED) is 0.730. The lowest BCUT2D eigenvalue weighted by Crippen LogP contribution is -2.24. The van der Waals surface area contributed by atoms with Crippen LogP contribution in [0.15, 0.2) is 12.1 Å². The standard InChI is InChI=1S/C9H7FO4.C9H22Si/c1-4-5(8(11)12)2-3-6(10)7(4)9(13)14;1-7(2)10(8(3)4)9(5)6/h2-3H,1H3,(H,11,12)(H,13,14);7-10H,1-6H3. The molecule has 1 aromatic carbocycles. The summed E-state index contributed by atoms with van der Waals surface area (Å²) in [7, 11) is -0.454. The molecule has 1 rings (SSSR count). The minimum absolute atomic E-state index is 0.0787. The summed E-state index contributed by atoms with van der Waals surface area (Å²) in [6.07, 6.45) is 0. The number of aromatic carboxylic acids is 2. The molecule has 0 radical (unpaired) electrons. The minimum atomic E-state index is -1.47. The number of hydrogen-bond donors (Lipinski definition) is 2. The van der Waals surface area contributed by atoms with Crippen LogP contribution in [0.1, 0.15) is 67.8 Å². The van der Waals surface area contributed by atoms with Crippen molar-refractivity contribution in [2.24, 2.45) is 0 Å². The second-order valence-corrected chi connectivity index (χ2v) is 12.2. The highest BCUT2D eigenvalue weighted by Crippen LogP contribution is 2.29. The van der Waals surface area contributed by atoms with E-state index in [1.54, 1.807) is 0 Å². The molecule has 6 heteroatoms. The van der Waals surface area contributed by atoms with Crippen LogP contribution in [0.25, 0.3) is 0 Å². The number of benzene rings is 1. The van der Waals surface area contributed by atoms with Crippen molar-refractivity contribution in [3.63, 3.8) is 0 Å². The van der Waals surface area contributed by atoms with Gasteiger partial charge in [-0.25, -0.2) is 14.0 Å². The van der Waals surface area contributed by atoms with Gasteiger partial charge in [-0.1, -0.05) is 58.2 Å². The van der Waals surface area contributed by atoms with Crippen LogP contribution in [-0.2, 0) is 0 Å². The topological polar surface area (TPSA) is 74.6 Å². The highest BCUT2D eigenvalue weighted by Gasteiger charge is 2.22. The molecule has 0 heterocycles. The van der Waals surface area contributed by atoms with E-state index < -0.39 is 32.1 Å². The van der Waals surface area contributed by atoms with Gasteiger partial charge in [0.2, 0.25) is 0 Å². The van der Waals surface area contributed by atoms with Gasteiger partial charge < -0.3 is 10.2 Å². The summed E-state index contributed by atoms with van der Waals surface area (Å²) in [4.78, 5) is 21.2. The molecule has 0 aliphatic heterocycles. The van der Waals surface area contributed by atoms with Gasteiger partial charge in [0, 0.05) is 8.80 Å². The van der Waals surface area contributed by atoms with E-state index in [1.165, 1.54) is 6.92 Å². The lowest BCUT2D eigenvalue weighted by Gasteiger charge is -2.26. The lowest BCUT2D eigenvalue weighted by molar-refractivity contribution is 0.0691. The van der Waals surface area contributed by atoms with Gasteiger partial charge in [0.05, 0.1) is 11.1 Å². The minimum Gasteiger partial charge on any atom is -0.478 e. The summed E-state index contributed by atoms with van der Waals surface area (Å²) in [6.45, 7) is 15.6. The molecule has 1 aromatic rings. The van der Waals surface area contributed by atoms with E-state index in [-0.39, 0.29) is 11.1 Å². The van der Waals surface area contributed by atoms with Crippen molar-refractivity contribution in [1.82, 2.24) is 0 Å². The van der Waals surface area contributed by atoms with Gasteiger partial charge in [-0.2, -0.15) is 0 Å². The van der Waals surface area contributed by atoms with Crippen molar-refractivity contribution in [2.75, 3.05) is 0 Å². The largest absolute Gasteiger partial charge is 0.478 e. The van der Waals surface area contributed by atoms with Crippen LogP contribution in [0.4, 0.5) is 4.39 Å². The van der Waals surface area contributed by atoms with E-state index in [1.807, 2.05) is 0 Å². The normalized spacial score (nSPS) is 11.0. The van der Waals surface area contributed by atoms with Gasteiger partial charge in [-0.05, 0) is 24.6 Å². The fraction of sp³-hybridized carbons (Fsp3) is 0.556. The summed E-state index contributed by atoms with van der Waals surface area (Å²) in [5.74, 6) is -3.67. The predicted molar refractivity (Wildman–Crippen MR) is 97.5 cm³/mol. The monoisotopic (exact) mass is 356 g/mol. The maximum atomic E-state index is 13.0. The van der Waals surface area contributed by atoms with Crippen LogP contribution in [0.2, 0.25) is 16.6 Å². The van der Waals surface area contributed by atoms with Gasteiger partial charge in [-0.15, -0.1) is 0 Å². The zero-order valence-electron chi connectivity index (χ0n) is 15.6. The van der Waals surface area contributed by atoms with Gasteiger partial charge in [0.15, 0.2) is 0 Å². The molecule has 136 valence electrons. The molecule has 0 aliphatic rings. The zero-order valence-corrected chi connectivity index (χ0v) is 16.7. The van der Waals surface area contributed by atoms with E-state index in [2.05, 4.69) is 41.5 Å². The Morgan fingerprint density at radius 2 is 1.33 bits per heavy atom. The third-order valence-corrected chi connectivity index (χ3v) is 8.79. The third kappa shape index (κ3) is 6.07. The first kappa shape index (κ1) is 22.3. The van der Waals surface area contributed by atoms with Gasteiger partial charge in [-0.3, -0.25) is 0 Å². The molecule has 0 saturated heterocycles. The zero-order chi connectivity index (χ0) is 19.2. The Bertz CT molecular complexity index is 564. The van der Waals surface area contributed by atoms with Gasteiger partial charge in [0.25, 0.3) is 0 Å². The van der Waals surface area contributed by atoms with Crippen LogP contribution in [0, 0.1) is 12.7 Å². The van der Waals surface area contributed by atoms with E-state index in [9.17, 15) is 14.0 Å². The fourth-order valence-electron chi connectivity index (χ4n) is 3.48. The van der Waals surface area contributed by atoms with Crippen LogP contribution >= 0.6 is 0 Å². The maximum Gasteiger partial charge on any atom is 0.338 e. The summed E-state index contributed by atoms with van der Waals surface area (Å²) in [5, 5.41) is 17.3. The van der Waals surface area contributed by atoms with Crippen molar-refractivity contribution < 1.29 is 24.2 Å². The highest BCUT2D eigenvalue weighted by molar-refractivity contribution is 6.63. The molecule has 0 saturated carbocycles. The predicted octanol–water partition coefficient (Wildman–Crippen LogP) is 4.97. The summed E-state index contributed by atoms with van der Waals surface area (Å²) >= 11 is 0. The van der Waals surface area contributed by atoms with E-state index >= 15 is 0 Å². The Kier molecular flexibility index (Phi) is 8.89.